The highest BCUT2D eigenvalue weighted by atomic mass is 32.1. The third-order valence-corrected chi connectivity index (χ3v) is 2.70. The normalized spacial score (nSPS) is 10.4. The maximum Gasteiger partial charge on any atom is 0.304 e. The van der Waals surface area contributed by atoms with Crippen LogP contribution in [0, 0.1) is 12.7 Å². The predicted octanol–water partition coefficient (Wildman–Crippen LogP) is 1.29. The molecule has 0 aliphatic heterocycles. The van der Waals surface area contributed by atoms with Gasteiger partial charge in [-0.3, -0.25) is 4.79 Å². The second kappa shape index (κ2) is 4.40. The number of nitrogens with zero attached hydrogens (tertiary/aromatic N) is 2. The average Bonchev–Trinajstić information content (AvgIpc) is 2.67. The topological polar surface area (TPSA) is 70.7 Å². The molecule has 0 aliphatic carbocycles. The van der Waals surface area contributed by atoms with Crippen molar-refractivity contribution in [3.8, 4) is 0 Å². The van der Waals surface area contributed by atoms with Crippen LogP contribution in [-0.4, -0.2) is 15.0 Å². The molecule has 16 heavy (non-hydrogen) atoms. The summed E-state index contributed by atoms with van der Waals surface area (Å²) in [4.78, 5) is 20.8. The van der Waals surface area contributed by atoms with Gasteiger partial charge in [0.1, 0.15) is 6.33 Å². The van der Waals surface area contributed by atoms with Crippen molar-refractivity contribution >= 4 is 17.2 Å². The molecule has 0 fully saturated rings. The lowest BCUT2D eigenvalue weighted by atomic mass is 10.4. The highest BCUT2D eigenvalue weighted by Crippen LogP contribution is 2.12. The first-order valence-electron chi connectivity index (χ1n) is 4.54. The highest BCUT2D eigenvalue weighted by Gasteiger charge is 2.07. The van der Waals surface area contributed by atoms with Gasteiger partial charge < -0.3 is 10.3 Å². The van der Waals surface area contributed by atoms with Crippen molar-refractivity contribution in [2.45, 2.75) is 13.5 Å². The Balaban J connectivity index is 2.10. The average molecular weight is 240 g/mol. The molecule has 2 aromatic heterocycles. The number of nitrogens with one attached hydrogen (secondary N) is 2. The molecular formula is C9H9FN4OS. The lowest BCUT2D eigenvalue weighted by Crippen LogP contribution is -2.07. The summed E-state index contributed by atoms with van der Waals surface area (Å²) in [6, 6.07) is 0. The van der Waals surface area contributed by atoms with E-state index in [2.05, 4.69) is 20.3 Å². The second-order valence-electron chi connectivity index (χ2n) is 3.15. The third kappa shape index (κ3) is 2.25. The van der Waals surface area contributed by atoms with Gasteiger partial charge in [-0.1, -0.05) is 11.3 Å². The molecule has 5 nitrogen and oxygen atoms in total. The molecule has 84 valence electrons. The van der Waals surface area contributed by atoms with E-state index >= 15 is 0 Å². The van der Waals surface area contributed by atoms with Crippen LogP contribution in [0.15, 0.2) is 16.5 Å². The number of rotatable bonds is 3. The zero-order valence-corrected chi connectivity index (χ0v) is 9.27. The third-order valence-electron chi connectivity index (χ3n) is 1.98. The van der Waals surface area contributed by atoms with E-state index in [1.165, 1.54) is 6.33 Å². The molecule has 0 amide bonds. The Labute approximate surface area is 94.4 Å². The highest BCUT2D eigenvalue weighted by molar-refractivity contribution is 7.07. The van der Waals surface area contributed by atoms with Crippen LogP contribution in [0.3, 0.4) is 0 Å². The number of aryl methyl sites for hydroxylation is 1. The van der Waals surface area contributed by atoms with Crippen molar-refractivity contribution in [1.82, 2.24) is 15.0 Å². The van der Waals surface area contributed by atoms with Crippen molar-refractivity contribution in [3.63, 3.8) is 0 Å². The van der Waals surface area contributed by atoms with E-state index in [-0.39, 0.29) is 16.4 Å². The quantitative estimate of drug-likeness (QED) is 0.848. The summed E-state index contributed by atoms with van der Waals surface area (Å²) in [6.07, 6.45) is 1.29. The minimum atomic E-state index is -0.472. The van der Waals surface area contributed by atoms with Crippen LogP contribution in [0.5, 0.6) is 0 Å². The van der Waals surface area contributed by atoms with E-state index < -0.39 is 5.82 Å². The first-order chi connectivity index (χ1) is 7.66. The van der Waals surface area contributed by atoms with Gasteiger partial charge in [-0.2, -0.15) is 0 Å². The maximum absolute atomic E-state index is 13.5. The standard InChI is InChI=1S/C9H9FN4OS/c1-5-7(10)8(13-4-12-5)11-2-6-3-16-9(15)14-6/h3-4H,2H2,1H3,(H,14,15)(H,11,12,13). The van der Waals surface area contributed by atoms with Crippen LogP contribution in [0.4, 0.5) is 10.2 Å². The van der Waals surface area contributed by atoms with Gasteiger partial charge in [-0.05, 0) is 6.92 Å². The molecule has 0 unspecified atom stereocenters. The van der Waals surface area contributed by atoms with Gasteiger partial charge in [-0.15, -0.1) is 0 Å². The van der Waals surface area contributed by atoms with Gasteiger partial charge >= 0.3 is 4.87 Å². The van der Waals surface area contributed by atoms with Gasteiger partial charge in [0.05, 0.1) is 12.2 Å². The Bertz CT molecular complexity index is 550. The molecular weight excluding hydrogens is 231 g/mol. The van der Waals surface area contributed by atoms with Crippen molar-refractivity contribution in [2.75, 3.05) is 5.32 Å². The summed E-state index contributed by atoms with van der Waals surface area (Å²) >= 11 is 1.07. The van der Waals surface area contributed by atoms with Crippen molar-refractivity contribution < 1.29 is 4.39 Å². The fourth-order valence-electron chi connectivity index (χ4n) is 1.16. The van der Waals surface area contributed by atoms with E-state index in [4.69, 9.17) is 0 Å². The zero-order chi connectivity index (χ0) is 11.5. The zero-order valence-electron chi connectivity index (χ0n) is 8.45. The maximum atomic E-state index is 13.5. The Morgan fingerprint density at radius 1 is 1.56 bits per heavy atom. The second-order valence-corrected chi connectivity index (χ2v) is 3.99. The smallest absolute Gasteiger partial charge is 0.304 e. The van der Waals surface area contributed by atoms with Crippen LogP contribution >= 0.6 is 11.3 Å². The van der Waals surface area contributed by atoms with Gasteiger partial charge in [0.2, 0.25) is 0 Å². The van der Waals surface area contributed by atoms with Crippen LogP contribution in [0.1, 0.15) is 11.4 Å². The monoisotopic (exact) mass is 240 g/mol. The number of hydrogen-bond acceptors (Lipinski definition) is 5. The summed E-state index contributed by atoms with van der Waals surface area (Å²) < 4.78 is 13.5. The lowest BCUT2D eigenvalue weighted by Gasteiger charge is -2.05. The van der Waals surface area contributed by atoms with Crippen LogP contribution in [-0.2, 0) is 6.54 Å². The molecule has 0 aliphatic rings. The molecule has 0 aromatic carbocycles. The van der Waals surface area contributed by atoms with Crippen LogP contribution in [0.25, 0.3) is 0 Å². The summed E-state index contributed by atoms with van der Waals surface area (Å²) in [5.74, 6) is -0.334. The molecule has 2 N–H and O–H groups in total. The summed E-state index contributed by atoms with van der Waals surface area (Å²) in [6.45, 7) is 1.89. The molecule has 2 rings (SSSR count). The number of halogens is 1. The lowest BCUT2D eigenvalue weighted by molar-refractivity contribution is 0.604. The van der Waals surface area contributed by atoms with E-state index in [1.807, 2.05) is 0 Å². The number of thiazole rings is 1. The van der Waals surface area contributed by atoms with Gasteiger partial charge in [-0.25, -0.2) is 14.4 Å². The van der Waals surface area contributed by atoms with Crippen LogP contribution in [0.2, 0.25) is 0 Å². The number of aromatic amines is 1. The Morgan fingerprint density at radius 3 is 3.06 bits per heavy atom. The Morgan fingerprint density at radius 2 is 2.38 bits per heavy atom. The van der Waals surface area contributed by atoms with Gasteiger partial charge in [0.15, 0.2) is 11.6 Å². The first-order valence-corrected chi connectivity index (χ1v) is 5.42. The van der Waals surface area contributed by atoms with E-state index in [9.17, 15) is 9.18 Å². The Hall–Kier alpha value is -1.76. The molecule has 2 heterocycles. The summed E-state index contributed by atoms with van der Waals surface area (Å²) in [5.41, 5.74) is 0.988. The molecule has 0 radical (unpaired) electrons. The first kappa shape index (κ1) is 10.7. The molecule has 0 bridgehead atoms. The fourth-order valence-corrected chi connectivity index (χ4v) is 1.74. The Kier molecular flexibility index (Phi) is 2.95. The minimum absolute atomic E-state index is 0.129. The van der Waals surface area contributed by atoms with Crippen molar-refractivity contribution in [3.05, 3.63) is 38.6 Å². The number of aromatic nitrogens is 3. The van der Waals surface area contributed by atoms with Gasteiger partial charge in [0, 0.05) is 11.1 Å². The number of H-pyrrole nitrogens is 1. The SMILES string of the molecule is Cc1ncnc(NCc2csc(=O)[nH]2)c1F. The van der Waals surface area contributed by atoms with E-state index in [0.29, 0.717) is 12.2 Å². The number of hydrogen-bond donors (Lipinski definition) is 2. The van der Waals surface area contributed by atoms with E-state index in [0.717, 1.165) is 11.3 Å². The number of anilines is 1. The minimum Gasteiger partial charge on any atom is -0.362 e. The predicted molar refractivity (Wildman–Crippen MR) is 59.0 cm³/mol. The summed E-state index contributed by atoms with van der Waals surface area (Å²) in [5, 5.41) is 4.48. The molecule has 7 heteroatoms. The molecule has 0 atom stereocenters. The largest absolute Gasteiger partial charge is 0.362 e. The van der Waals surface area contributed by atoms with Crippen molar-refractivity contribution in [2.24, 2.45) is 0 Å². The van der Waals surface area contributed by atoms with Crippen LogP contribution < -0.4 is 10.2 Å². The molecule has 0 saturated carbocycles. The fraction of sp³-hybridized carbons (Fsp3) is 0.222. The van der Waals surface area contributed by atoms with Crippen molar-refractivity contribution in [1.29, 1.82) is 0 Å². The summed E-state index contributed by atoms with van der Waals surface area (Å²) in [7, 11) is 0. The molecule has 0 saturated heterocycles. The van der Waals surface area contributed by atoms with E-state index in [1.54, 1.807) is 12.3 Å². The molecule has 0 spiro atoms. The molecule has 2 aromatic rings. The van der Waals surface area contributed by atoms with Gasteiger partial charge in [0.25, 0.3) is 0 Å².